The van der Waals surface area contributed by atoms with E-state index in [-0.39, 0.29) is 11.6 Å². The van der Waals surface area contributed by atoms with Crippen molar-refractivity contribution in [1.29, 1.82) is 0 Å². The first kappa shape index (κ1) is 13.6. The molecule has 2 rings (SSSR count). The van der Waals surface area contributed by atoms with Crippen LogP contribution in [0.15, 0.2) is 36.4 Å². The highest BCUT2D eigenvalue weighted by Gasteiger charge is 2.06. The second-order valence-corrected chi connectivity index (χ2v) is 4.73. The molecule has 0 unspecified atom stereocenters. The Morgan fingerprint density at radius 3 is 2.32 bits per heavy atom. The standard InChI is InChI=1S/C16H18FNO/c1-11-7-12(2)9-14(8-11)19-16-4-3-13(5-6-18)10-15(16)17/h3-4,7-10H,5-6,18H2,1-2H3. The summed E-state index contributed by atoms with van der Waals surface area (Å²) in [6, 6.07) is 10.8. The van der Waals surface area contributed by atoms with Crippen LogP contribution >= 0.6 is 0 Å². The van der Waals surface area contributed by atoms with Crippen LogP contribution in [-0.4, -0.2) is 6.54 Å². The van der Waals surface area contributed by atoms with E-state index in [0.29, 0.717) is 18.7 Å². The number of ether oxygens (including phenoxy) is 1. The van der Waals surface area contributed by atoms with Crippen LogP contribution in [0.2, 0.25) is 0 Å². The molecule has 2 N–H and O–H groups in total. The van der Waals surface area contributed by atoms with Gasteiger partial charge in [0.1, 0.15) is 5.75 Å². The van der Waals surface area contributed by atoms with Gasteiger partial charge in [0, 0.05) is 0 Å². The molecular formula is C16H18FNO. The maximum Gasteiger partial charge on any atom is 0.165 e. The predicted octanol–water partition coefficient (Wildman–Crippen LogP) is 3.74. The Bertz CT molecular complexity index is 561. The van der Waals surface area contributed by atoms with E-state index in [1.807, 2.05) is 38.1 Å². The molecule has 100 valence electrons. The smallest absolute Gasteiger partial charge is 0.165 e. The van der Waals surface area contributed by atoms with Crippen molar-refractivity contribution >= 4 is 0 Å². The minimum absolute atomic E-state index is 0.241. The van der Waals surface area contributed by atoms with Crippen molar-refractivity contribution in [1.82, 2.24) is 0 Å². The Balaban J connectivity index is 2.23. The number of aryl methyl sites for hydroxylation is 2. The number of hydrogen-bond acceptors (Lipinski definition) is 2. The van der Waals surface area contributed by atoms with Gasteiger partial charge in [-0.1, -0.05) is 12.1 Å². The lowest BCUT2D eigenvalue weighted by atomic mass is 10.1. The molecule has 2 nitrogen and oxygen atoms in total. The molecule has 2 aromatic rings. The number of nitrogens with two attached hydrogens (primary N) is 1. The Kier molecular flexibility index (Phi) is 4.17. The quantitative estimate of drug-likeness (QED) is 0.907. The van der Waals surface area contributed by atoms with Crippen LogP contribution in [-0.2, 0) is 6.42 Å². The lowest BCUT2D eigenvalue weighted by molar-refractivity contribution is 0.441. The van der Waals surface area contributed by atoms with Crippen molar-refractivity contribution in [3.05, 3.63) is 58.9 Å². The number of hydrogen-bond donors (Lipinski definition) is 1. The molecule has 0 aliphatic carbocycles. The molecule has 0 amide bonds. The van der Waals surface area contributed by atoms with Crippen LogP contribution in [0.3, 0.4) is 0 Å². The maximum atomic E-state index is 13.9. The van der Waals surface area contributed by atoms with Crippen molar-refractivity contribution in [2.24, 2.45) is 5.73 Å². The molecule has 2 aromatic carbocycles. The summed E-state index contributed by atoms with van der Waals surface area (Å²) < 4.78 is 19.5. The minimum Gasteiger partial charge on any atom is -0.454 e. The van der Waals surface area contributed by atoms with Crippen molar-refractivity contribution in [3.8, 4) is 11.5 Å². The normalized spacial score (nSPS) is 10.5. The first-order valence-corrected chi connectivity index (χ1v) is 6.33. The third-order valence-corrected chi connectivity index (χ3v) is 2.85. The molecule has 0 bridgehead atoms. The van der Waals surface area contributed by atoms with Gasteiger partial charge in [0.05, 0.1) is 0 Å². The SMILES string of the molecule is Cc1cc(C)cc(Oc2ccc(CCN)cc2F)c1. The van der Waals surface area contributed by atoms with Gasteiger partial charge < -0.3 is 10.5 Å². The number of rotatable bonds is 4. The van der Waals surface area contributed by atoms with E-state index < -0.39 is 0 Å². The van der Waals surface area contributed by atoms with E-state index in [4.69, 9.17) is 10.5 Å². The summed E-state index contributed by atoms with van der Waals surface area (Å²) in [7, 11) is 0. The summed E-state index contributed by atoms with van der Waals surface area (Å²) in [5.41, 5.74) is 8.52. The largest absolute Gasteiger partial charge is 0.454 e. The van der Waals surface area contributed by atoms with Crippen molar-refractivity contribution < 1.29 is 9.13 Å². The van der Waals surface area contributed by atoms with Crippen molar-refractivity contribution in [2.75, 3.05) is 6.54 Å². The highest BCUT2D eigenvalue weighted by molar-refractivity contribution is 5.38. The third-order valence-electron chi connectivity index (χ3n) is 2.85. The highest BCUT2D eigenvalue weighted by atomic mass is 19.1. The summed E-state index contributed by atoms with van der Waals surface area (Å²) in [6.07, 6.45) is 0.667. The average molecular weight is 259 g/mol. The molecular weight excluding hydrogens is 241 g/mol. The lowest BCUT2D eigenvalue weighted by Crippen LogP contribution is -2.03. The summed E-state index contributed by atoms with van der Waals surface area (Å²) in [5.74, 6) is 0.541. The Morgan fingerprint density at radius 2 is 1.74 bits per heavy atom. The summed E-state index contributed by atoms with van der Waals surface area (Å²) in [6.45, 7) is 4.48. The van der Waals surface area contributed by atoms with Gasteiger partial charge in [0.2, 0.25) is 0 Å². The van der Waals surface area contributed by atoms with E-state index in [1.54, 1.807) is 6.07 Å². The molecule has 3 heteroatoms. The monoisotopic (exact) mass is 259 g/mol. The van der Waals surface area contributed by atoms with Crippen molar-refractivity contribution in [2.45, 2.75) is 20.3 Å². The summed E-state index contributed by atoms with van der Waals surface area (Å²) in [4.78, 5) is 0. The van der Waals surface area contributed by atoms with Crippen LogP contribution in [0, 0.1) is 19.7 Å². The highest BCUT2D eigenvalue weighted by Crippen LogP contribution is 2.26. The van der Waals surface area contributed by atoms with Gasteiger partial charge >= 0.3 is 0 Å². The molecule has 0 aromatic heterocycles. The Labute approximate surface area is 113 Å². The zero-order valence-corrected chi connectivity index (χ0v) is 11.2. The second-order valence-electron chi connectivity index (χ2n) is 4.73. The molecule has 19 heavy (non-hydrogen) atoms. The molecule has 0 aliphatic rings. The average Bonchev–Trinajstić information content (AvgIpc) is 2.32. The fraction of sp³-hybridized carbons (Fsp3) is 0.250. The van der Waals surface area contributed by atoms with Gasteiger partial charge in [-0.3, -0.25) is 0 Å². The summed E-state index contributed by atoms with van der Waals surface area (Å²) >= 11 is 0. The van der Waals surface area contributed by atoms with E-state index in [0.717, 1.165) is 16.7 Å². The molecule has 0 atom stereocenters. The topological polar surface area (TPSA) is 35.2 Å². The molecule has 0 fully saturated rings. The summed E-state index contributed by atoms with van der Waals surface area (Å²) in [5, 5.41) is 0. The van der Waals surface area contributed by atoms with Crippen LogP contribution in [0.4, 0.5) is 4.39 Å². The van der Waals surface area contributed by atoms with Crippen LogP contribution in [0.1, 0.15) is 16.7 Å². The zero-order valence-electron chi connectivity index (χ0n) is 11.2. The fourth-order valence-corrected chi connectivity index (χ4v) is 2.07. The van der Waals surface area contributed by atoms with Gasteiger partial charge in [-0.05, 0) is 67.8 Å². The first-order chi connectivity index (χ1) is 9.08. The van der Waals surface area contributed by atoms with Gasteiger partial charge in [-0.2, -0.15) is 0 Å². The lowest BCUT2D eigenvalue weighted by Gasteiger charge is -2.09. The maximum absolute atomic E-state index is 13.9. The minimum atomic E-state index is -0.356. The third kappa shape index (κ3) is 3.55. The van der Waals surface area contributed by atoms with Gasteiger partial charge in [-0.25, -0.2) is 4.39 Å². The van der Waals surface area contributed by atoms with E-state index >= 15 is 0 Å². The predicted molar refractivity (Wildman–Crippen MR) is 75.1 cm³/mol. The van der Waals surface area contributed by atoms with E-state index in [9.17, 15) is 4.39 Å². The number of halogens is 1. The first-order valence-electron chi connectivity index (χ1n) is 6.33. The molecule has 0 spiro atoms. The van der Waals surface area contributed by atoms with Crippen molar-refractivity contribution in [3.63, 3.8) is 0 Å². The van der Waals surface area contributed by atoms with E-state index in [2.05, 4.69) is 0 Å². The second kappa shape index (κ2) is 5.85. The van der Waals surface area contributed by atoms with E-state index in [1.165, 1.54) is 6.07 Å². The van der Waals surface area contributed by atoms with Gasteiger partial charge in [-0.15, -0.1) is 0 Å². The Hall–Kier alpha value is -1.87. The molecule has 0 saturated carbocycles. The van der Waals surface area contributed by atoms with Gasteiger partial charge in [0.25, 0.3) is 0 Å². The zero-order chi connectivity index (χ0) is 13.8. The fourth-order valence-electron chi connectivity index (χ4n) is 2.07. The Morgan fingerprint density at radius 1 is 1.05 bits per heavy atom. The molecule has 0 aliphatic heterocycles. The van der Waals surface area contributed by atoms with Crippen LogP contribution in [0.25, 0.3) is 0 Å². The molecule has 0 saturated heterocycles. The van der Waals surface area contributed by atoms with Crippen LogP contribution < -0.4 is 10.5 Å². The van der Waals surface area contributed by atoms with Gasteiger partial charge in [0.15, 0.2) is 11.6 Å². The number of benzene rings is 2. The molecule has 0 radical (unpaired) electrons. The van der Waals surface area contributed by atoms with Crippen LogP contribution in [0.5, 0.6) is 11.5 Å². The molecule has 0 heterocycles.